The van der Waals surface area contributed by atoms with E-state index in [0.717, 1.165) is 21.9 Å². The molecule has 8 heteroatoms. The summed E-state index contributed by atoms with van der Waals surface area (Å²) in [5, 5.41) is 7.50. The van der Waals surface area contributed by atoms with Gasteiger partial charge in [0.15, 0.2) is 0 Å². The number of aromatic nitrogens is 2. The monoisotopic (exact) mass is 379 g/mol. The average molecular weight is 379 g/mol. The number of nitrogens with zero attached hydrogens (tertiary/aromatic N) is 2. The van der Waals surface area contributed by atoms with Gasteiger partial charge in [0, 0.05) is 24.0 Å². The Kier molecular flexibility index (Phi) is 4.99. The van der Waals surface area contributed by atoms with Crippen molar-refractivity contribution in [2.45, 2.75) is 33.5 Å². The Labute approximate surface area is 154 Å². The molecule has 1 N–H and O–H groups in total. The quantitative estimate of drug-likeness (QED) is 0.718. The Morgan fingerprint density at radius 1 is 1.26 bits per heavy atom. The molecule has 0 aliphatic heterocycles. The lowest BCUT2D eigenvalue weighted by Crippen LogP contribution is -2.31. The second kappa shape index (κ2) is 7.09. The maximum atomic E-state index is 13.0. The van der Waals surface area contributed by atoms with Gasteiger partial charge in [0.25, 0.3) is 5.91 Å². The van der Waals surface area contributed by atoms with Gasteiger partial charge in [0.2, 0.25) is 0 Å². The van der Waals surface area contributed by atoms with E-state index in [1.165, 1.54) is 6.92 Å². The largest absolute Gasteiger partial charge is 0.461 e. The van der Waals surface area contributed by atoms with E-state index in [2.05, 4.69) is 10.4 Å². The van der Waals surface area contributed by atoms with Crippen LogP contribution in [0.3, 0.4) is 0 Å². The highest BCUT2D eigenvalue weighted by molar-refractivity contribution is 5.97. The summed E-state index contributed by atoms with van der Waals surface area (Å²) >= 11 is 0. The zero-order valence-electron chi connectivity index (χ0n) is 15.2. The maximum Gasteiger partial charge on any atom is 0.433 e. The topological polar surface area (TPSA) is 60.1 Å². The lowest BCUT2D eigenvalue weighted by atomic mass is 10.1. The Morgan fingerprint density at radius 3 is 2.70 bits per heavy atom. The Balaban J connectivity index is 1.63. The highest BCUT2D eigenvalue weighted by Crippen LogP contribution is 2.30. The predicted octanol–water partition coefficient (Wildman–Crippen LogP) is 4.33. The van der Waals surface area contributed by atoms with Gasteiger partial charge in [-0.15, -0.1) is 0 Å². The Morgan fingerprint density at radius 2 is 2.00 bits per heavy atom. The van der Waals surface area contributed by atoms with Crippen LogP contribution >= 0.6 is 0 Å². The molecule has 0 aliphatic carbocycles. The van der Waals surface area contributed by atoms with Crippen molar-refractivity contribution >= 4 is 16.9 Å². The van der Waals surface area contributed by atoms with Crippen LogP contribution in [0.1, 0.15) is 34.4 Å². The Hall–Kier alpha value is -2.77. The minimum absolute atomic E-state index is 0.0585. The summed E-state index contributed by atoms with van der Waals surface area (Å²) in [6, 6.07) is 7.97. The molecule has 0 aliphatic rings. The smallest absolute Gasteiger partial charge is 0.433 e. The van der Waals surface area contributed by atoms with E-state index < -0.39 is 11.9 Å². The molecular weight excluding hydrogens is 359 g/mol. The molecule has 0 saturated carbocycles. The summed E-state index contributed by atoms with van der Waals surface area (Å²) in [6.07, 6.45) is -4.46. The molecule has 0 fully saturated rings. The van der Waals surface area contributed by atoms with Gasteiger partial charge in [-0.25, -0.2) is 0 Å². The molecule has 2 aromatic heterocycles. The van der Waals surface area contributed by atoms with Gasteiger partial charge < -0.3 is 9.73 Å². The molecule has 0 unspecified atom stereocenters. The first-order valence-electron chi connectivity index (χ1n) is 8.53. The molecule has 1 aromatic carbocycles. The van der Waals surface area contributed by atoms with Gasteiger partial charge in [-0.05, 0) is 50.1 Å². The molecule has 3 rings (SSSR count). The fraction of sp³-hybridized carbons (Fsp3) is 0.368. The van der Waals surface area contributed by atoms with Crippen molar-refractivity contribution in [3.63, 3.8) is 0 Å². The number of amides is 1. The number of nitrogens with one attached hydrogen (secondary N) is 1. The summed E-state index contributed by atoms with van der Waals surface area (Å²) in [6.45, 7) is 5.40. The average Bonchev–Trinajstić information content (AvgIpc) is 3.12. The second-order valence-electron chi connectivity index (χ2n) is 6.78. The normalized spacial score (nSPS) is 13.1. The van der Waals surface area contributed by atoms with E-state index in [1.807, 2.05) is 13.0 Å². The maximum absolute atomic E-state index is 13.0. The number of carbonyl (C=O) groups excluding carboxylic acids is 1. The molecule has 0 spiro atoms. The van der Waals surface area contributed by atoms with Crippen LogP contribution in [0.5, 0.6) is 0 Å². The molecule has 1 atom stereocenters. The van der Waals surface area contributed by atoms with E-state index in [0.29, 0.717) is 16.8 Å². The van der Waals surface area contributed by atoms with E-state index in [-0.39, 0.29) is 24.9 Å². The van der Waals surface area contributed by atoms with Crippen molar-refractivity contribution in [2.75, 3.05) is 6.54 Å². The molecule has 2 heterocycles. The lowest BCUT2D eigenvalue weighted by Gasteiger charge is -2.16. The number of hydrogen-bond donors (Lipinski definition) is 1. The molecule has 3 aromatic rings. The molecule has 144 valence electrons. The Bertz CT molecular complexity index is 972. The molecule has 0 radical (unpaired) electrons. The van der Waals surface area contributed by atoms with E-state index in [4.69, 9.17) is 4.42 Å². The van der Waals surface area contributed by atoms with Gasteiger partial charge in [0.05, 0.1) is 5.69 Å². The summed E-state index contributed by atoms with van der Waals surface area (Å²) in [5.41, 5.74) is 0.703. The van der Waals surface area contributed by atoms with Gasteiger partial charge in [-0.3, -0.25) is 9.48 Å². The van der Waals surface area contributed by atoms with Crippen LogP contribution in [0.4, 0.5) is 13.2 Å². The van der Waals surface area contributed by atoms with Crippen molar-refractivity contribution in [3.8, 4) is 0 Å². The third-order valence-electron chi connectivity index (χ3n) is 4.19. The molecule has 5 nitrogen and oxygen atoms in total. The van der Waals surface area contributed by atoms with Crippen molar-refractivity contribution < 1.29 is 22.4 Å². The van der Waals surface area contributed by atoms with E-state index in [1.54, 1.807) is 25.1 Å². The number of hydrogen-bond acceptors (Lipinski definition) is 3. The molecule has 0 saturated heterocycles. The van der Waals surface area contributed by atoms with Crippen LogP contribution in [-0.4, -0.2) is 22.2 Å². The lowest BCUT2D eigenvalue weighted by molar-refractivity contribution is -0.144. The van der Waals surface area contributed by atoms with Crippen LogP contribution in [-0.2, 0) is 12.7 Å². The highest BCUT2D eigenvalue weighted by Gasteiger charge is 2.35. The van der Waals surface area contributed by atoms with Crippen molar-refractivity contribution in [1.82, 2.24) is 15.1 Å². The van der Waals surface area contributed by atoms with Crippen molar-refractivity contribution in [2.24, 2.45) is 5.92 Å². The zero-order valence-corrected chi connectivity index (χ0v) is 15.2. The number of fused-ring (bicyclic) bond motifs is 1. The van der Waals surface area contributed by atoms with E-state index >= 15 is 0 Å². The number of aryl methyl sites for hydroxylation is 2. The van der Waals surface area contributed by atoms with Crippen molar-refractivity contribution in [3.05, 3.63) is 53.0 Å². The first-order valence-corrected chi connectivity index (χ1v) is 8.53. The number of halogens is 3. The first kappa shape index (κ1) is 19.0. The number of furan rings is 1. The summed E-state index contributed by atoms with van der Waals surface area (Å²) in [7, 11) is 0. The second-order valence-corrected chi connectivity index (χ2v) is 6.78. The van der Waals surface area contributed by atoms with Gasteiger partial charge in [0.1, 0.15) is 17.0 Å². The standard InChI is InChI=1S/C19H20F3N3O2/c1-11(10-25-17(19(20,21)22)6-12(2)24-25)9-23-18(26)14-4-5-16-15(8-14)7-13(3)27-16/h4-8,11H,9-10H2,1-3H3,(H,23,26)/t11-/m1/s1. The molecule has 1 amide bonds. The minimum Gasteiger partial charge on any atom is -0.461 e. The molecule has 27 heavy (non-hydrogen) atoms. The summed E-state index contributed by atoms with van der Waals surface area (Å²) in [4.78, 5) is 12.3. The van der Waals surface area contributed by atoms with Gasteiger partial charge in [-0.2, -0.15) is 18.3 Å². The van der Waals surface area contributed by atoms with Crippen molar-refractivity contribution in [1.29, 1.82) is 0 Å². The van der Waals surface area contributed by atoms with Gasteiger partial charge >= 0.3 is 6.18 Å². The fourth-order valence-corrected chi connectivity index (χ4v) is 2.96. The van der Waals surface area contributed by atoms with Crippen LogP contribution in [0.15, 0.2) is 34.7 Å². The summed E-state index contributed by atoms with van der Waals surface area (Å²) < 4.78 is 45.5. The van der Waals surface area contributed by atoms with Gasteiger partial charge in [-0.1, -0.05) is 6.92 Å². The third-order valence-corrected chi connectivity index (χ3v) is 4.19. The van der Waals surface area contributed by atoms with E-state index in [9.17, 15) is 18.0 Å². The molecule has 0 bridgehead atoms. The predicted molar refractivity (Wildman–Crippen MR) is 94.4 cm³/mol. The van der Waals surface area contributed by atoms with Crippen LogP contribution in [0, 0.1) is 19.8 Å². The highest BCUT2D eigenvalue weighted by atomic mass is 19.4. The third kappa shape index (κ3) is 4.32. The minimum atomic E-state index is -4.46. The fourth-order valence-electron chi connectivity index (χ4n) is 2.96. The number of rotatable bonds is 5. The van der Waals surface area contributed by atoms with Crippen LogP contribution in [0.25, 0.3) is 11.0 Å². The zero-order chi connectivity index (χ0) is 19.8. The first-order chi connectivity index (χ1) is 12.6. The van der Waals surface area contributed by atoms with Crippen LogP contribution < -0.4 is 5.32 Å². The number of benzene rings is 1. The number of alkyl halides is 3. The van der Waals surface area contributed by atoms with Crippen LogP contribution in [0.2, 0.25) is 0 Å². The summed E-state index contributed by atoms with van der Waals surface area (Å²) in [5.74, 6) is 0.246. The molecular formula is C19H20F3N3O2. The number of carbonyl (C=O) groups is 1. The SMILES string of the molecule is Cc1cc(C(F)(F)F)n(C[C@H](C)CNC(=O)c2ccc3oc(C)cc3c2)n1.